The second-order valence-corrected chi connectivity index (χ2v) is 5.12. The number of benzene rings is 2. The molecule has 2 N–H and O–H groups in total. The summed E-state index contributed by atoms with van der Waals surface area (Å²) < 4.78 is 5.02. The number of carbonyl (C=O) groups excluding carboxylic acids is 2. The number of rotatable bonds is 5. The van der Waals surface area contributed by atoms with Crippen molar-refractivity contribution in [3.05, 3.63) is 89.9 Å². The summed E-state index contributed by atoms with van der Waals surface area (Å²) in [6, 6.07) is 19.1. The quantitative estimate of drug-likeness (QED) is 0.555. The largest absolute Gasteiger partial charge is 0.459 e. The Hall–Kier alpha value is -3.67. The molecular formula is C19H15N3O3. The molecule has 0 radical (unpaired) electrons. The fourth-order valence-corrected chi connectivity index (χ4v) is 2.07. The van der Waals surface area contributed by atoms with Gasteiger partial charge in [-0.1, -0.05) is 30.3 Å². The predicted molar refractivity (Wildman–Crippen MR) is 94.6 cm³/mol. The van der Waals surface area contributed by atoms with Crippen LogP contribution in [0.2, 0.25) is 0 Å². The van der Waals surface area contributed by atoms with Gasteiger partial charge in [-0.3, -0.25) is 9.59 Å². The molecule has 0 aliphatic carbocycles. The summed E-state index contributed by atoms with van der Waals surface area (Å²) in [5.74, 6) is -0.470. The van der Waals surface area contributed by atoms with Gasteiger partial charge in [0.15, 0.2) is 5.76 Å². The van der Waals surface area contributed by atoms with E-state index < -0.39 is 0 Å². The standard InChI is InChI=1S/C19H15N3O3/c23-18(22-20-13-14-5-2-1-3-6-14)15-8-10-16(11-9-15)21-19(24)17-7-4-12-25-17/h1-13H,(H,21,24)(H,22,23)/b20-13-. The summed E-state index contributed by atoms with van der Waals surface area (Å²) in [6.07, 6.45) is 2.99. The number of nitrogens with zero attached hydrogens (tertiary/aromatic N) is 1. The topological polar surface area (TPSA) is 83.7 Å². The molecule has 0 spiro atoms. The number of hydrogen-bond donors (Lipinski definition) is 2. The molecule has 1 heterocycles. The lowest BCUT2D eigenvalue weighted by atomic mass is 10.2. The van der Waals surface area contributed by atoms with E-state index in [0.717, 1.165) is 5.56 Å². The van der Waals surface area contributed by atoms with Crippen molar-refractivity contribution in [3.8, 4) is 0 Å². The van der Waals surface area contributed by atoms with E-state index in [1.54, 1.807) is 42.6 Å². The van der Waals surface area contributed by atoms with E-state index in [9.17, 15) is 9.59 Å². The number of carbonyl (C=O) groups is 2. The van der Waals surface area contributed by atoms with Crippen LogP contribution < -0.4 is 10.7 Å². The molecule has 0 aliphatic rings. The molecule has 0 bridgehead atoms. The number of nitrogens with one attached hydrogen (secondary N) is 2. The highest BCUT2D eigenvalue weighted by Gasteiger charge is 2.09. The predicted octanol–water partition coefficient (Wildman–Crippen LogP) is 3.30. The van der Waals surface area contributed by atoms with E-state index in [4.69, 9.17) is 4.42 Å². The fourth-order valence-electron chi connectivity index (χ4n) is 2.07. The molecule has 3 aromatic rings. The molecule has 0 saturated heterocycles. The molecule has 0 aliphatic heterocycles. The molecule has 3 rings (SSSR count). The lowest BCUT2D eigenvalue weighted by Crippen LogP contribution is -2.17. The normalized spacial score (nSPS) is 10.6. The maximum absolute atomic E-state index is 12.0. The lowest BCUT2D eigenvalue weighted by molar-refractivity contribution is 0.0954. The Kier molecular flexibility index (Phi) is 5.01. The maximum atomic E-state index is 12.0. The Balaban J connectivity index is 1.57. The summed E-state index contributed by atoms with van der Waals surface area (Å²) >= 11 is 0. The molecule has 0 atom stereocenters. The minimum Gasteiger partial charge on any atom is -0.459 e. The van der Waals surface area contributed by atoms with Gasteiger partial charge in [0.1, 0.15) is 0 Å². The molecule has 1 aromatic heterocycles. The van der Waals surface area contributed by atoms with Crippen molar-refractivity contribution in [1.29, 1.82) is 0 Å². The van der Waals surface area contributed by atoms with Crippen LogP contribution in [-0.4, -0.2) is 18.0 Å². The summed E-state index contributed by atoms with van der Waals surface area (Å²) in [5.41, 5.74) is 4.34. The third kappa shape index (κ3) is 4.42. The second kappa shape index (κ2) is 7.74. The zero-order valence-corrected chi connectivity index (χ0v) is 13.2. The van der Waals surface area contributed by atoms with Crippen LogP contribution in [-0.2, 0) is 0 Å². The highest BCUT2D eigenvalue weighted by Crippen LogP contribution is 2.12. The highest BCUT2D eigenvalue weighted by atomic mass is 16.3. The van der Waals surface area contributed by atoms with Gasteiger partial charge in [-0.05, 0) is 42.0 Å². The van der Waals surface area contributed by atoms with Gasteiger partial charge < -0.3 is 9.73 Å². The lowest BCUT2D eigenvalue weighted by Gasteiger charge is -2.04. The van der Waals surface area contributed by atoms with E-state index >= 15 is 0 Å². The van der Waals surface area contributed by atoms with Gasteiger partial charge in [-0.25, -0.2) is 5.43 Å². The molecule has 0 saturated carbocycles. The average molecular weight is 333 g/mol. The first-order valence-electron chi connectivity index (χ1n) is 7.56. The van der Waals surface area contributed by atoms with Crippen LogP contribution >= 0.6 is 0 Å². The van der Waals surface area contributed by atoms with Gasteiger partial charge in [0.2, 0.25) is 0 Å². The molecule has 124 valence electrons. The van der Waals surface area contributed by atoms with Crippen LogP contribution in [0.15, 0.2) is 82.5 Å². The van der Waals surface area contributed by atoms with Crippen LogP contribution in [0.4, 0.5) is 5.69 Å². The van der Waals surface area contributed by atoms with E-state index in [2.05, 4.69) is 15.8 Å². The third-order valence-electron chi connectivity index (χ3n) is 3.33. The van der Waals surface area contributed by atoms with Gasteiger partial charge in [-0.2, -0.15) is 5.10 Å². The Labute approximate surface area is 144 Å². The summed E-state index contributed by atoms with van der Waals surface area (Å²) in [4.78, 5) is 23.9. The van der Waals surface area contributed by atoms with Gasteiger partial charge in [0.25, 0.3) is 11.8 Å². The first-order chi connectivity index (χ1) is 12.2. The van der Waals surface area contributed by atoms with Crippen molar-refractivity contribution in [3.63, 3.8) is 0 Å². The molecule has 2 aromatic carbocycles. The number of amides is 2. The van der Waals surface area contributed by atoms with Crippen molar-refractivity contribution in [2.24, 2.45) is 5.10 Å². The fraction of sp³-hybridized carbons (Fsp3) is 0. The van der Waals surface area contributed by atoms with Gasteiger partial charge in [-0.15, -0.1) is 0 Å². The van der Waals surface area contributed by atoms with Crippen LogP contribution in [0, 0.1) is 0 Å². The van der Waals surface area contributed by atoms with Crippen molar-refractivity contribution in [1.82, 2.24) is 5.43 Å². The third-order valence-corrected chi connectivity index (χ3v) is 3.33. The maximum Gasteiger partial charge on any atom is 0.291 e. The van der Waals surface area contributed by atoms with Crippen molar-refractivity contribution >= 4 is 23.7 Å². The SMILES string of the molecule is O=C(N/N=C\c1ccccc1)c1ccc(NC(=O)c2ccco2)cc1. The van der Waals surface area contributed by atoms with E-state index in [1.807, 2.05) is 30.3 Å². The Morgan fingerprint density at radius 3 is 2.32 bits per heavy atom. The van der Waals surface area contributed by atoms with Crippen molar-refractivity contribution in [2.45, 2.75) is 0 Å². The summed E-state index contributed by atoms with van der Waals surface area (Å²) in [7, 11) is 0. The highest BCUT2D eigenvalue weighted by molar-refractivity contribution is 6.02. The molecule has 0 unspecified atom stereocenters. The van der Waals surface area contributed by atoms with E-state index in [-0.39, 0.29) is 17.6 Å². The van der Waals surface area contributed by atoms with Crippen LogP contribution in [0.5, 0.6) is 0 Å². The zero-order valence-electron chi connectivity index (χ0n) is 13.2. The van der Waals surface area contributed by atoms with Crippen LogP contribution in [0.25, 0.3) is 0 Å². The van der Waals surface area contributed by atoms with Crippen molar-refractivity contribution in [2.75, 3.05) is 5.32 Å². The van der Waals surface area contributed by atoms with Crippen LogP contribution in [0.3, 0.4) is 0 Å². The molecule has 2 amide bonds. The molecule has 25 heavy (non-hydrogen) atoms. The van der Waals surface area contributed by atoms with E-state index in [0.29, 0.717) is 11.3 Å². The minimum absolute atomic E-state index is 0.220. The first kappa shape index (κ1) is 16.2. The smallest absolute Gasteiger partial charge is 0.291 e. The van der Waals surface area contributed by atoms with Crippen LogP contribution in [0.1, 0.15) is 26.5 Å². The van der Waals surface area contributed by atoms with Gasteiger partial charge in [0.05, 0.1) is 12.5 Å². The Morgan fingerprint density at radius 1 is 0.880 bits per heavy atom. The number of anilines is 1. The molecule has 6 nitrogen and oxygen atoms in total. The molecule has 0 fully saturated rings. The second-order valence-electron chi connectivity index (χ2n) is 5.12. The zero-order chi connectivity index (χ0) is 17.5. The number of hydrogen-bond acceptors (Lipinski definition) is 4. The Morgan fingerprint density at radius 2 is 1.64 bits per heavy atom. The summed E-state index contributed by atoms with van der Waals surface area (Å²) in [5, 5.41) is 6.60. The van der Waals surface area contributed by atoms with Gasteiger partial charge in [0, 0.05) is 11.3 Å². The monoisotopic (exact) mass is 333 g/mol. The average Bonchev–Trinajstić information content (AvgIpc) is 3.18. The number of furan rings is 1. The van der Waals surface area contributed by atoms with E-state index in [1.165, 1.54) is 6.26 Å². The summed E-state index contributed by atoms with van der Waals surface area (Å²) in [6.45, 7) is 0. The molecule has 6 heteroatoms. The number of hydrazone groups is 1. The van der Waals surface area contributed by atoms with Gasteiger partial charge >= 0.3 is 0 Å². The first-order valence-corrected chi connectivity index (χ1v) is 7.56. The minimum atomic E-state index is -0.352. The molecular weight excluding hydrogens is 318 g/mol. The van der Waals surface area contributed by atoms with Crippen molar-refractivity contribution < 1.29 is 14.0 Å². The Bertz CT molecular complexity index is 870.